The molecule has 0 atom stereocenters. The number of hydrogen-bond acceptors (Lipinski definition) is 3. The minimum Gasteiger partial charge on any atom is -0.487 e. The average Bonchev–Trinajstić information content (AvgIpc) is 2.87. The maximum absolute atomic E-state index is 11.1. The van der Waals surface area contributed by atoms with Crippen molar-refractivity contribution in [2.75, 3.05) is 6.61 Å². The second-order valence-electron chi connectivity index (χ2n) is 4.16. The summed E-state index contributed by atoms with van der Waals surface area (Å²) in [6.07, 6.45) is 3.63. The number of halogens is 1. The van der Waals surface area contributed by atoms with Crippen molar-refractivity contribution in [3.05, 3.63) is 52.1 Å². The van der Waals surface area contributed by atoms with Crippen molar-refractivity contribution in [2.45, 2.75) is 19.3 Å². The third-order valence-corrected chi connectivity index (χ3v) is 3.10. The van der Waals surface area contributed by atoms with Gasteiger partial charge in [0.25, 0.3) is 5.82 Å². The van der Waals surface area contributed by atoms with Crippen molar-refractivity contribution in [3.8, 4) is 5.75 Å². The van der Waals surface area contributed by atoms with Crippen molar-refractivity contribution in [1.29, 1.82) is 0 Å². The second-order valence-corrected chi connectivity index (χ2v) is 4.43. The summed E-state index contributed by atoms with van der Waals surface area (Å²) in [6.45, 7) is 2.70. The molecule has 0 saturated heterocycles. The SMILES string of the molecule is CCOc1ccc(C[n+]2cc[nH]c2CCl)cc1[N+](=O)[O-]. The average molecular weight is 297 g/mol. The second kappa shape index (κ2) is 6.38. The normalized spacial score (nSPS) is 10.5. The molecule has 2 aromatic rings. The summed E-state index contributed by atoms with van der Waals surface area (Å²) in [7, 11) is 0. The molecule has 0 spiro atoms. The van der Waals surface area contributed by atoms with E-state index in [9.17, 15) is 10.1 Å². The van der Waals surface area contributed by atoms with Crippen LogP contribution in [0.2, 0.25) is 0 Å². The van der Waals surface area contributed by atoms with Gasteiger partial charge < -0.3 is 4.74 Å². The van der Waals surface area contributed by atoms with Gasteiger partial charge >= 0.3 is 5.69 Å². The zero-order valence-corrected chi connectivity index (χ0v) is 11.8. The van der Waals surface area contributed by atoms with E-state index in [0.717, 1.165) is 11.4 Å². The Morgan fingerprint density at radius 2 is 2.30 bits per heavy atom. The fourth-order valence-electron chi connectivity index (χ4n) is 1.94. The van der Waals surface area contributed by atoms with Crippen molar-refractivity contribution in [1.82, 2.24) is 4.98 Å². The molecule has 1 aromatic carbocycles. The maximum atomic E-state index is 11.1. The number of nitrogens with one attached hydrogen (secondary N) is 1. The van der Waals surface area contributed by atoms with Crippen LogP contribution in [0.15, 0.2) is 30.6 Å². The van der Waals surface area contributed by atoms with Crippen molar-refractivity contribution < 1.29 is 14.2 Å². The number of ether oxygens (including phenoxy) is 1. The van der Waals surface area contributed by atoms with Gasteiger partial charge in [0.1, 0.15) is 24.8 Å². The number of alkyl halides is 1. The summed E-state index contributed by atoms with van der Waals surface area (Å²) in [5, 5.41) is 11.1. The highest BCUT2D eigenvalue weighted by Gasteiger charge is 2.17. The Hall–Kier alpha value is -2.08. The first-order chi connectivity index (χ1) is 9.65. The highest BCUT2D eigenvalue weighted by Crippen LogP contribution is 2.27. The molecule has 1 N–H and O–H groups in total. The molecule has 1 aromatic heterocycles. The molecule has 0 aliphatic rings. The van der Waals surface area contributed by atoms with Gasteiger partial charge in [-0.15, -0.1) is 11.6 Å². The Morgan fingerprint density at radius 1 is 1.50 bits per heavy atom. The minimum atomic E-state index is -0.432. The van der Waals surface area contributed by atoms with E-state index in [0.29, 0.717) is 19.0 Å². The van der Waals surface area contributed by atoms with E-state index in [4.69, 9.17) is 16.3 Å². The molecule has 106 valence electrons. The molecule has 0 saturated carbocycles. The van der Waals surface area contributed by atoms with E-state index in [1.165, 1.54) is 6.07 Å². The van der Waals surface area contributed by atoms with Crippen LogP contribution in [0, 0.1) is 10.1 Å². The Kier molecular flexibility index (Phi) is 4.57. The number of aromatic nitrogens is 2. The van der Waals surface area contributed by atoms with E-state index < -0.39 is 4.92 Å². The molecule has 2 rings (SSSR count). The third-order valence-electron chi connectivity index (χ3n) is 2.85. The number of nitro groups is 1. The molecule has 6 nitrogen and oxygen atoms in total. The Labute approximate surface area is 121 Å². The van der Waals surface area contributed by atoms with Crippen molar-refractivity contribution >= 4 is 17.3 Å². The fourth-order valence-corrected chi connectivity index (χ4v) is 2.17. The van der Waals surface area contributed by atoms with Gasteiger partial charge in [-0.05, 0) is 13.0 Å². The number of H-pyrrole nitrogens is 1. The lowest BCUT2D eigenvalue weighted by Gasteiger charge is -2.06. The Balaban J connectivity index is 2.29. The van der Waals surface area contributed by atoms with Crippen LogP contribution < -0.4 is 9.30 Å². The monoisotopic (exact) mass is 296 g/mol. The quantitative estimate of drug-likeness (QED) is 0.385. The van der Waals surface area contributed by atoms with Gasteiger partial charge in [0, 0.05) is 11.6 Å². The van der Waals surface area contributed by atoms with Crippen LogP contribution in [0.25, 0.3) is 0 Å². The molecule has 0 amide bonds. The summed E-state index contributed by atoms with van der Waals surface area (Å²) in [4.78, 5) is 13.7. The molecule has 0 bridgehead atoms. The predicted octanol–water partition coefficient (Wildman–Crippen LogP) is 2.40. The van der Waals surface area contributed by atoms with Gasteiger partial charge in [-0.25, -0.2) is 9.55 Å². The molecule has 0 radical (unpaired) electrons. The van der Waals surface area contributed by atoms with Crippen LogP contribution in [-0.2, 0) is 12.4 Å². The van der Waals surface area contributed by atoms with Crippen LogP contribution in [0.3, 0.4) is 0 Å². The Morgan fingerprint density at radius 3 is 2.95 bits per heavy atom. The first-order valence-electron chi connectivity index (χ1n) is 6.17. The van der Waals surface area contributed by atoms with E-state index in [1.807, 2.05) is 16.8 Å². The maximum Gasteiger partial charge on any atom is 0.311 e. The highest BCUT2D eigenvalue weighted by molar-refractivity contribution is 6.16. The van der Waals surface area contributed by atoms with Gasteiger partial charge in [0.05, 0.1) is 11.5 Å². The summed E-state index contributed by atoms with van der Waals surface area (Å²) in [5.74, 6) is 1.49. The molecule has 0 fully saturated rings. The number of rotatable bonds is 6. The first-order valence-corrected chi connectivity index (χ1v) is 6.71. The predicted molar refractivity (Wildman–Crippen MR) is 73.9 cm³/mol. The lowest BCUT2D eigenvalue weighted by molar-refractivity contribution is -0.693. The largest absolute Gasteiger partial charge is 0.487 e. The molecule has 1 heterocycles. The third kappa shape index (κ3) is 3.08. The zero-order valence-electron chi connectivity index (χ0n) is 11.0. The number of nitro benzene ring substituents is 1. The van der Waals surface area contributed by atoms with Crippen LogP contribution in [-0.4, -0.2) is 16.5 Å². The highest BCUT2D eigenvalue weighted by atomic mass is 35.5. The molecule has 0 aliphatic heterocycles. The number of benzene rings is 1. The zero-order chi connectivity index (χ0) is 14.5. The molecule has 0 aliphatic carbocycles. The fraction of sp³-hybridized carbons (Fsp3) is 0.308. The number of nitrogens with zero attached hydrogens (tertiary/aromatic N) is 2. The van der Waals surface area contributed by atoms with Gasteiger partial charge in [-0.1, -0.05) is 6.07 Å². The van der Waals surface area contributed by atoms with E-state index in [2.05, 4.69) is 4.98 Å². The molecule has 0 unspecified atom stereocenters. The van der Waals surface area contributed by atoms with Gasteiger partial charge in [-0.3, -0.25) is 10.1 Å². The first kappa shape index (κ1) is 14.3. The number of imidazole rings is 1. The van der Waals surface area contributed by atoms with Crippen LogP contribution in [0.1, 0.15) is 18.3 Å². The van der Waals surface area contributed by atoms with E-state index in [-0.39, 0.29) is 11.4 Å². The number of hydrogen-bond donors (Lipinski definition) is 1. The summed E-state index contributed by atoms with van der Waals surface area (Å²) < 4.78 is 7.17. The molecule has 20 heavy (non-hydrogen) atoms. The minimum absolute atomic E-state index is 0.0205. The smallest absolute Gasteiger partial charge is 0.311 e. The lowest BCUT2D eigenvalue weighted by Crippen LogP contribution is -2.36. The summed E-state index contributed by atoms with van der Waals surface area (Å²) in [5.41, 5.74) is 0.795. The van der Waals surface area contributed by atoms with Gasteiger partial charge in [0.2, 0.25) is 0 Å². The lowest BCUT2D eigenvalue weighted by atomic mass is 10.2. The molecule has 7 heteroatoms. The van der Waals surface area contributed by atoms with Crippen LogP contribution in [0.4, 0.5) is 5.69 Å². The van der Waals surface area contributed by atoms with Gasteiger partial charge in [0.15, 0.2) is 5.75 Å². The Bertz CT molecular complexity index is 613. The van der Waals surface area contributed by atoms with E-state index in [1.54, 1.807) is 19.2 Å². The summed E-state index contributed by atoms with van der Waals surface area (Å²) >= 11 is 5.81. The molecular formula is C13H15ClN3O3+. The van der Waals surface area contributed by atoms with Crippen LogP contribution in [0.5, 0.6) is 5.75 Å². The number of aromatic amines is 1. The van der Waals surface area contributed by atoms with Crippen molar-refractivity contribution in [2.24, 2.45) is 0 Å². The van der Waals surface area contributed by atoms with Crippen LogP contribution >= 0.6 is 11.6 Å². The topological polar surface area (TPSA) is 72.0 Å². The van der Waals surface area contributed by atoms with Gasteiger partial charge in [-0.2, -0.15) is 0 Å². The molecular weight excluding hydrogens is 282 g/mol. The van der Waals surface area contributed by atoms with Crippen molar-refractivity contribution in [3.63, 3.8) is 0 Å². The summed E-state index contributed by atoms with van der Waals surface area (Å²) in [6, 6.07) is 4.98. The standard InChI is InChI=1S/C13H14ClN3O3/c1-2-20-12-4-3-10(7-11(12)17(18)19)9-16-6-5-15-13(16)8-14/h3-7H,2,8-9H2,1H3/p+1. The van der Waals surface area contributed by atoms with E-state index >= 15 is 0 Å².